The fraction of sp³-hybridized carbons (Fsp3) is 0.300. The van der Waals surface area contributed by atoms with Gasteiger partial charge >= 0.3 is 0 Å². The van der Waals surface area contributed by atoms with E-state index in [9.17, 15) is 9.18 Å². The third-order valence-corrected chi connectivity index (χ3v) is 3.71. The molecule has 144 valence electrons. The highest BCUT2D eigenvalue weighted by Gasteiger charge is 2.06. The predicted molar refractivity (Wildman–Crippen MR) is 105 cm³/mol. The zero-order chi connectivity index (χ0) is 19.5. The minimum atomic E-state index is -0.264. The number of ether oxygens (including phenoxy) is 1. The van der Waals surface area contributed by atoms with Crippen LogP contribution in [0.5, 0.6) is 5.75 Å². The molecule has 0 fully saturated rings. The fourth-order valence-electron chi connectivity index (χ4n) is 2.33. The normalized spacial score (nSPS) is 11.0. The number of carbonyl (C=O) groups excluding carboxylic acids is 1. The van der Waals surface area contributed by atoms with E-state index < -0.39 is 0 Å². The van der Waals surface area contributed by atoms with Gasteiger partial charge in [-0.2, -0.15) is 0 Å². The lowest BCUT2D eigenvalue weighted by Crippen LogP contribution is -2.41. The maximum Gasteiger partial charge on any atom is 0.251 e. The second-order valence-corrected chi connectivity index (χ2v) is 5.74. The van der Waals surface area contributed by atoms with Crippen molar-refractivity contribution in [2.24, 2.45) is 4.99 Å². The van der Waals surface area contributed by atoms with Gasteiger partial charge in [-0.3, -0.25) is 4.79 Å². The van der Waals surface area contributed by atoms with Gasteiger partial charge in [-0.15, -0.1) is 0 Å². The van der Waals surface area contributed by atoms with Crippen LogP contribution < -0.4 is 20.7 Å². The monoisotopic (exact) mass is 372 g/mol. The van der Waals surface area contributed by atoms with E-state index in [1.165, 1.54) is 12.1 Å². The average molecular weight is 372 g/mol. The Bertz CT molecular complexity index is 763. The number of aliphatic imine (C=N–C) groups is 1. The zero-order valence-electron chi connectivity index (χ0n) is 15.6. The minimum Gasteiger partial charge on any atom is -0.497 e. The highest BCUT2D eigenvalue weighted by Crippen LogP contribution is 2.12. The lowest BCUT2D eigenvalue weighted by Gasteiger charge is -2.12. The maximum atomic E-state index is 12.9. The largest absolute Gasteiger partial charge is 0.497 e. The number of carbonyl (C=O) groups is 1. The molecule has 7 heteroatoms. The van der Waals surface area contributed by atoms with Gasteiger partial charge in [0.15, 0.2) is 5.96 Å². The molecule has 0 saturated carbocycles. The van der Waals surface area contributed by atoms with Crippen LogP contribution in [-0.2, 0) is 6.54 Å². The minimum absolute atomic E-state index is 0.163. The Morgan fingerprint density at radius 3 is 2.52 bits per heavy atom. The molecule has 0 radical (unpaired) electrons. The summed E-state index contributed by atoms with van der Waals surface area (Å²) >= 11 is 0. The molecule has 0 spiro atoms. The van der Waals surface area contributed by atoms with Gasteiger partial charge in [0.1, 0.15) is 11.6 Å². The highest BCUT2D eigenvalue weighted by molar-refractivity contribution is 5.94. The summed E-state index contributed by atoms with van der Waals surface area (Å²) in [5.74, 6) is 0.851. The van der Waals surface area contributed by atoms with Crippen molar-refractivity contribution in [1.82, 2.24) is 16.0 Å². The summed E-state index contributed by atoms with van der Waals surface area (Å²) in [4.78, 5) is 16.6. The number of nitrogens with one attached hydrogen (secondary N) is 3. The molecule has 0 atom stereocenters. The van der Waals surface area contributed by atoms with Gasteiger partial charge in [-0.25, -0.2) is 9.38 Å². The quantitative estimate of drug-likeness (QED) is 0.378. The van der Waals surface area contributed by atoms with E-state index >= 15 is 0 Å². The van der Waals surface area contributed by atoms with Crippen LogP contribution in [0.3, 0.4) is 0 Å². The van der Waals surface area contributed by atoms with E-state index in [4.69, 9.17) is 4.74 Å². The van der Waals surface area contributed by atoms with Crippen molar-refractivity contribution in [3.05, 3.63) is 65.5 Å². The first-order valence-corrected chi connectivity index (χ1v) is 8.81. The van der Waals surface area contributed by atoms with Crippen LogP contribution in [0.1, 0.15) is 22.8 Å². The molecular weight excluding hydrogens is 347 g/mol. The van der Waals surface area contributed by atoms with E-state index in [1.807, 2.05) is 6.92 Å². The van der Waals surface area contributed by atoms with E-state index in [1.54, 1.807) is 43.5 Å². The number of methoxy groups -OCH3 is 1. The first kappa shape index (κ1) is 20.2. The number of benzene rings is 2. The molecule has 0 aliphatic carbocycles. The molecule has 27 heavy (non-hydrogen) atoms. The number of halogens is 1. The maximum absolute atomic E-state index is 12.9. The summed E-state index contributed by atoms with van der Waals surface area (Å²) in [6.07, 6.45) is 0. The summed E-state index contributed by atoms with van der Waals surface area (Å²) in [6, 6.07) is 13.2. The molecule has 3 N–H and O–H groups in total. The van der Waals surface area contributed by atoms with Gasteiger partial charge in [-0.05, 0) is 42.8 Å². The van der Waals surface area contributed by atoms with Gasteiger partial charge in [0.25, 0.3) is 5.91 Å². The standard InChI is InChI=1S/C20H25FN4O2/c1-3-22-20(25-14-15-7-9-17(21)10-8-15)24-12-11-23-19(26)16-5-4-6-18(13-16)27-2/h4-10,13H,3,11-12,14H2,1-2H3,(H,23,26)(H2,22,24,25). The van der Waals surface area contributed by atoms with Crippen LogP contribution in [0.15, 0.2) is 53.5 Å². The summed E-state index contributed by atoms with van der Waals surface area (Å²) in [7, 11) is 1.56. The lowest BCUT2D eigenvalue weighted by molar-refractivity contribution is 0.0954. The summed E-state index contributed by atoms with van der Waals surface area (Å²) < 4.78 is 18.1. The molecule has 0 saturated heterocycles. The Balaban J connectivity index is 1.80. The molecular formula is C20H25FN4O2. The van der Waals surface area contributed by atoms with Crippen molar-refractivity contribution in [1.29, 1.82) is 0 Å². The van der Waals surface area contributed by atoms with Crippen molar-refractivity contribution in [2.75, 3.05) is 26.7 Å². The van der Waals surface area contributed by atoms with E-state index in [-0.39, 0.29) is 11.7 Å². The van der Waals surface area contributed by atoms with Crippen LogP contribution in [0.25, 0.3) is 0 Å². The predicted octanol–water partition coefficient (Wildman–Crippen LogP) is 2.32. The van der Waals surface area contributed by atoms with Crippen molar-refractivity contribution in [3.63, 3.8) is 0 Å². The van der Waals surface area contributed by atoms with Gasteiger partial charge in [0.05, 0.1) is 13.7 Å². The number of rotatable bonds is 8. The van der Waals surface area contributed by atoms with Crippen molar-refractivity contribution in [2.45, 2.75) is 13.5 Å². The third kappa shape index (κ3) is 6.97. The number of guanidine groups is 1. The zero-order valence-corrected chi connectivity index (χ0v) is 15.6. The summed E-state index contributed by atoms with van der Waals surface area (Å²) in [5, 5.41) is 9.14. The summed E-state index contributed by atoms with van der Waals surface area (Å²) in [5.41, 5.74) is 1.46. The molecule has 1 amide bonds. The van der Waals surface area contributed by atoms with Crippen LogP contribution in [0.2, 0.25) is 0 Å². The van der Waals surface area contributed by atoms with Crippen LogP contribution in [-0.4, -0.2) is 38.6 Å². The molecule has 6 nitrogen and oxygen atoms in total. The van der Waals surface area contributed by atoms with Gasteiger partial charge < -0.3 is 20.7 Å². The first-order chi connectivity index (χ1) is 13.1. The lowest BCUT2D eigenvalue weighted by atomic mass is 10.2. The fourth-order valence-corrected chi connectivity index (χ4v) is 2.33. The average Bonchev–Trinajstić information content (AvgIpc) is 2.70. The number of nitrogens with zero attached hydrogens (tertiary/aromatic N) is 1. The Hall–Kier alpha value is -3.09. The van der Waals surface area contributed by atoms with Gasteiger partial charge in [0.2, 0.25) is 0 Å². The van der Waals surface area contributed by atoms with Gasteiger partial charge in [-0.1, -0.05) is 18.2 Å². The smallest absolute Gasteiger partial charge is 0.251 e. The topological polar surface area (TPSA) is 74.8 Å². The number of hydrogen-bond acceptors (Lipinski definition) is 3. The molecule has 2 rings (SSSR count). The van der Waals surface area contributed by atoms with E-state index in [0.717, 1.165) is 5.56 Å². The molecule has 0 heterocycles. The highest BCUT2D eigenvalue weighted by atomic mass is 19.1. The van der Waals surface area contributed by atoms with E-state index in [2.05, 4.69) is 20.9 Å². The second kappa shape index (κ2) is 10.8. The van der Waals surface area contributed by atoms with Crippen molar-refractivity contribution in [3.8, 4) is 5.75 Å². The van der Waals surface area contributed by atoms with Crippen LogP contribution in [0, 0.1) is 5.82 Å². The van der Waals surface area contributed by atoms with Crippen LogP contribution >= 0.6 is 0 Å². The third-order valence-electron chi connectivity index (χ3n) is 3.71. The second-order valence-electron chi connectivity index (χ2n) is 5.74. The van der Waals surface area contributed by atoms with Crippen molar-refractivity contribution < 1.29 is 13.9 Å². The van der Waals surface area contributed by atoms with Crippen LogP contribution in [0.4, 0.5) is 4.39 Å². The van der Waals surface area contributed by atoms with E-state index in [0.29, 0.717) is 43.5 Å². The Kier molecular flexibility index (Phi) is 8.09. The molecule has 0 bridgehead atoms. The first-order valence-electron chi connectivity index (χ1n) is 8.81. The Labute approximate surface area is 158 Å². The SMILES string of the molecule is CCNC(=NCc1ccc(F)cc1)NCCNC(=O)c1cccc(OC)c1. The van der Waals surface area contributed by atoms with Gasteiger partial charge in [0, 0.05) is 25.2 Å². The summed E-state index contributed by atoms with van der Waals surface area (Å²) in [6.45, 7) is 4.08. The molecule has 0 aliphatic heterocycles. The molecule has 2 aromatic carbocycles. The van der Waals surface area contributed by atoms with Crippen molar-refractivity contribution >= 4 is 11.9 Å². The molecule has 0 unspecified atom stereocenters. The molecule has 0 aliphatic rings. The Morgan fingerprint density at radius 2 is 1.81 bits per heavy atom. The molecule has 0 aromatic heterocycles. The number of hydrogen-bond donors (Lipinski definition) is 3. The molecule has 2 aromatic rings. The Morgan fingerprint density at radius 1 is 1.07 bits per heavy atom. The number of amides is 1.